The van der Waals surface area contributed by atoms with Crippen molar-refractivity contribution in [2.24, 2.45) is 0 Å². The molecule has 0 fully saturated rings. The number of nitrogens with zero attached hydrogens (tertiary/aromatic N) is 2. The smallest absolute Gasteiger partial charge is 0.268 e. The van der Waals surface area contributed by atoms with E-state index < -0.39 is 27.9 Å². The van der Waals surface area contributed by atoms with Crippen LogP contribution in [0.1, 0.15) is 12.0 Å². The lowest BCUT2D eigenvalue weighted by atomic mass is 10.1. The first-order valence-electron chi connectivity index (χ1n) is 10.7. The Labute approximate surface area is 211 Å². The van der Waals surface area contributed by atoms with Gasteiger partial charge in [0.25, 0.3) is 10.0 Å². The van der Waals surface area contributed by atoms with Crippen molar-refractivity contribution in [3.63, 3.8) is 0 Å². The third-order valence-corrected chi connectivity index (χ3v) is 7.85. The summed E-state index contributed by atoms with van der Waals surface area (Å²) in [6.45, 7) is 0.333. The number of methoxy groups -OCH3 is 1. The highest BCUT2D eigenvalue weighted by atomic mass is 79.9. The normalized spacial score (nSPS) is 15.2. The number of sulfonamides is 1. The highest BCUT2D eigenvalue weighted by molar-refractivity contribution is 9.10. The fourth-order valence-corrected chi connectivity index (χ4v) is 6.17. The van der Waals surface area contributed by atoms with Gasteiger partial charge in [0.1, 0.15) is 16.7 Å². The molecule has 0 bridgehead atoms. The Morgan fingerprint density at radius 2 is 1.91 bits per heavy atom. The van der Waals surface area contributed by atoms with Crippen molar-refractivity contribution < 1.29 is 22.7 Å². The summed E-state index contributed by atoms with van der Waals surface area (Å²) in [4.78, 5) is 29.7. The van der Waals surface area contributed by atoms with Crippen LogP contribution in [-0.2, 0) is 26.0 Å². The van der Waals surface area contributed by atoms with E-state index in [9.17, 15) is 18.0 Å². The van der Waals surface area contributed by atoms with Gasteiger partial charge in [-0.2, -0.15) is 0 Å². The van der Waals surface area contributed by atoms with E-state index in [1.807, 2.05) is 12.1 Å². The van der Waals surface area contributed by atoms with Crippen molar-refractivity contribution in [3.05, 3.63) is 77.0 Å². The number of carbonyl (C=O) groups excluding carboxylic acids is 2. The van der Waals surface area contributed by atoms with E-state index in [4.69, 9.17) is 4.74 Å². The van der Waals surface area contributed by atoms with E-state index in [0.717, 1.165) is 9.87 Å². The third kappa shape index (κ3) is 5.30. The van der Waals surface area contributed by atoms with Gasteiger partial charge >= 0.3 is 0 Å². The zero-order valence-corrected chi connectivity index (χ0v) is 21.2. The number of carbonyl (C=O) groups is 2. The Balaban J connectivity index is 1.65. The van der Waals surface area contributed by atoms with E-state index in [1.54, 1.807) is 42.7 Å². The molecule has 1 aliphatic heterocycles. The number of nitrogens with one attached hydrogen (secondary N) is 2. The molecule has 2 heterocycles. The maximum atomic E-state index is 13.9. The van der Waals surface area contributed by atoms with Gasteiger partial charge in [-0.15, -0.1) is 0 Å². The van der Waals surface area contributed by atoms with Gasteiger partial charge in [0.05, 0.1) is 24.9 Å². The van der Waals surface area contributed by atoms with Crippen LogP contribution in [0.5, 0.6) is 5.75 Å². The van der Waals surface area contributed by atoms with Gasteiger partial charge in [-0.1, -0.05) is 28.1 Å². The third-order valence-electron chi connectivity index (χ3n) is 5.51. The molecule has 1 aromatic heterocycles. The fourth-order valence-electron chi connectivity index (χ4n) is 3.84. The van der Waals surface area contributed by atoms with Crippen LogP contribution in [-0.4, -0.2) is 44.9 Å². The summed E-state index contributed by atoms with van der Waals surface area (Å²) in [5.74, 6) is -0.914. The van der Waals surface area contributed by atoms with Crippen LogP contribution in [0.4, 0.5) is 11.4 Å². The quantitative estimate of drug-likeness (QED) is 0.438. The molecule has 0 radical (unpaired) electrons. The van der Waals surface area contributed by atoms with Gasteiger partial charge in [-0.05, 0) is 54.4 Å². The van der Waals surface area contributed by atoms with Crippen LogP contribution in [0.25, 0.3) is 0 Å². The summed E-state index contributed by atoms with van der Waals surface area (Å²) in [7, 11) is -2.93. The van der Waals surface area contributed by atoms with E-state index in [1.165, 1.54) is 19.2 Å². The Kier molecular flexibility index (Phi) is 7.37. The van der Waals surface area contributed by atoms with E-state index in [2.05, 4.69) is 31.5 Å². The molecule has 0 saturated heterocycles. The minimum absolute atomic E-state index is 0.122. The van der Waals surface area contributed by atoms with Crippen LogP contribution in [0.2, 0.25) is 0 Å². The largest absolute Gasteiger partial charge is 0.495 e. The van der Waals surface area contributed by atoms with Gasteiger partial charge in [-0.25, -0.2) is 8.42 Å². The fraction of sp³-hybridized carbons (Fsp3) is 0.208. The molecule has 35 heavy (non-hydrogen) atoms. The molecule has 0 saturated carbocycles. The summed E-state index contributed by atoms with van der Waals surface area (Å²) in [5, 5.41) is 5.49. The number of hydrogen-bond acceptors (Lipinski definition) is 6. The van der Waals surface area contributed by atoms with Crippen LogP contribution in [0.3, 0.4) is 0 Å². The summed E-state index contributed by atoms with van der Waals surface area (Å²) in [5.41, 5.74) is 1.60. The van der Waals surface area contributed by atoms with Crippen molar-refractivity contribution in [1.82, 2.24) is 10.3 Å². The molecule has 3 aromatic rings. The second kappa shape index (κ2) is 10.4. The number of hydrogen-bond donors (Lipinski definition) is 2. The Hall–Kier alpha value is -3.44. The average Bonchev–Trinajstić information content (AvgIpc) is 2.85. The zero-order chi connectivity index (χ0) is 25.0. The summed E-state index contributed by atoms with van der Waals surface area (Å²) >= 11 is 3.30. The molecule has 2 N–H and O–H groups in total. The molecule has 0 spiro atoms. The van der Waals surface area contributed by atoms with Crippen molar-refractivity contribution in [2.45, 2.75) is 23.8 Å². The molecule has 2 amide bonds. The Morgan fingerprint density at radius 1 is 1.17 bits per heavy atom. The number of para-hydroxylation sites is 2. The molecule has 2 aromatic carbocycles. The molecule has 0 aliphatic carbocycles. The maximum absolute atomic E-state index is 13.9. The number of anilines is 2. The van der Waals surface area contributed by atoms with Crippen LogP contribution in [0.15, 0.2) is 76.4 Å². The molecule has 4 rings (SSSR count). The van der Waals surface area contributed by atoms with Crippen molar-refractivity contribution in [3.8, 4) is 5.75 Å². The lowest BCUT2D eigenvalue weighted by Gasteiger charge is -2.37. The minimum atomic E-state index is -4.30. The Bertz CT molecular complexity index is 1350. The van der Waals surface area contributed by atoms with Crippen molar-refractivity contribution in [2.75, 3.05) is 23.3 Å². The number of ether oxygens (including phenoxy) is 1. The zero-order valence-electron chi connectivity index (χ0n) is 18.8. The standard InChI is InChI=1S/C24H23BrN4O5S/c1-34-21-7-6-17(25)14-22(21)35(32,33)29-19-5-3-2-4-18(19)28-24(31)20(29)15-23(30)27-13-10-16-8-11-26-12-9-16/h2-9,11-12,14,20H,10,13,15H2,1H3,(H,27,30)(H,28,31)/t20-/m1/s1. The number of amides is 2. The number of pyridine rings is 1. The monoisotopic (exact) mass is 558 g/mol. The number of halogens is 1. The summed E-state index contributed by atoms with van der Waals surface area (Å²) in [6, 6.07) is 13.5. The number of rotatable bonds is 8. The van der Waals surface area contributed by atoms with E-state index >= 15 is 0 Å². The van der Waals surface area contributed by atoms with Gasteiger partial charge in [0, 0.05) is 23.4 Å². The lowest BCUT2D eigenvalue weighted by molar-refractivity contribution is -0.125. The molecule has 182 valence electrons. The van der Waals surface area contributed by atoms with Gasteiger partial charge in [-0.3, -0.25) is 18.9 Å². The highest BCUT2D eigenvalue weighted by Gasteiger charge is 2.43. The number of fused-ring (bicyclic) bond motifs is 1. The minimum Gasteiger partial charge on any atom is -0.495 e. The van der Waals surface area contributed by atoms with Crippen LogP contribution in [0, 0.1) is 0 Å². The first kappa shape index (κ1) is 24.7. The predicted octanol–water partition coefficient (Wildman–Crippen LogP) is 3.12. The molecule has 1 aliphatic rings. The highest BCUT2D eigenvalue weighted by Crippen LogP contribution is 2.39. The van der Waals surface area contributed by atoms with Crippen LogP contribution < -0.4 is 19.7 Å². The van der Waals surface area contributed by atoms with E-state index in [-0.39, 0.29) is 22.8 Å². The Morgan fingerprint density at radius 3 is 2.66 bits per heavy atom. The molecular formula is C24H23BrN4O5S. The van der Waals surface area contributed by atoms with Gasteiger partial charge in [0.2, 0.25) is 11.8 Å². The van der Waals surface area contributed by atoms with Crippen molar-refractivity contribution in [1.29, 1.82) is 0 Å². The van der Waals surface area contributed by atoms with Gasteiger partial charge in [0.15, 0.2) is 0 Å². The maximum Gasteiger partial charge on any atom is 0.268 e. The van der Waals surface area contributed by atoms with Crippen LogP contribution >= 0.6 is 15.9 Å². The lowest BCUT2D eigenvalue weighted by Crippen LogP contribution is -2.52. The van der Waals surface area contributed by atoms with Gasteiger partial charge < -0.3 is 15.4 Å². The number of aromatic nitrogens is 1. The second-order valence-corrected chi connectivity index (χ2v) is 10.5. The summed E-state index contributed by atoms with van der Waals surface area (Å²) < 4.78 is 34.7. The first-order chi connectivity index (χ1) is 16.8. The first-order valence-corrected chi connectivity index (χ1v) is 13.0. The number of benzene rings is 2. The topological polar surface area (TPSA) is 118 Å². The molecule has 9 nitrogen and oxygen atoms in total. The molecule has 0 unspecified atom stereocenters. The SMILES string of the molecule is COc1ccc(Br)cc1S(=O)(=O)N1c2ccccc2NC(=O)[C@H]1CC(=O)NCCc1ccncc1. The molecule has 11 heteroatoms. The second-order valence-electron chi connectivity index (χ2n) is 7.78. The van der Waals surface area contributed by atoms with E-state index in [0.29, 0.717) is 23.1 Å². The summed E-state index contributed by atoms with van der Waals surface area (Å²) in [6.07, 6.45) is 3.55. The predicted molar refractivity (Wildman–Crippen MR) is 135 cm³/mol. The van der Waals surface area contributed by atoms with Crippen molar-refractivity contribution >= 4 is 49.1 Å². The molecule has 1 atom stereocenters. The molecular weight excluding hydrogens is 536 g/mol. The average molecular weight is 559 g/mol.